The molecule has 0 aliphatic heterocycles. The Kier molecular flexibility index (Phi) is 6.69. The number of aryl methyl sites for hydroxylation is 1. The monoisotopic (exact) mass is 343 g/mol. The highest BCUT2D eigenvalue weighted by Crippen LogP contribution is 2.26. The van der Waals surface area contributed by atoms with Gasteiger partial charge in [0.15, 0.2) is 18.1 Å². The first kappa shape index (κ1) is 18.6. The average molecular weight is 343 g/mol. The van der Waals surface area contributed by atoms with Crippen LogP contribution in [0.3, 0.4) is 0 Å². The molecular formula is C20H25NO4. The lowest BCUT2D eigenvalue weighted by molar-refractivity contribution is -0.123. The van der Waals surface area contributed by atoms with E-state index in [0.29, 0.717) is 11.5 Å². The number of carbonyl (C=O) groups is 1. The molecule has 0 spiro atoms. The molecule has 0 radical (unpaired) electrons. The number of para-hydroxylation sites is 2. The van der Waals surface area contributed by atoms with Crippen LogP contribution in [-0.4, -0.2) is 26.7 Å². The summed E-state index contributed by atoms with van der Waals surface area (Å²) in [5, 5.41) is 3.01. The molecule has 2 aromatic rings. The highest BCUT2D eigenvalue weighted by atomic mass is 16.5. The molecule has 5 heteroatoms. The number of rotatable bonds is 8. The fraction of sp³-hybridized carbons (Fsp3) is 0.350. The van der Waals surface area contributed by atoms with Gasteiger partial charge >= 0.3 is 0 Å². The van der Waals surface area contributed by atoms with E-state index < -0.39 is 0 Å². The van der Waals surface area contributed by atoms with Gasteiger partial charge in [-0.15, -0.1) is 0 Å². The quantitative estimate of drug-likeness (QED) is 0.795. The van der Waals surface area contributed by atoms with Crippen LogP contribution in [0.2, 0.25) is 0 Å². The van der Waals surface area contributed by atoms with Gasteiger partial charge in [-0.2, -0.15) is 0 Å². The second-order valence-corrected chi connectivity index (χ2v) is 5.70. The SMILES string of the molecule is CC[C@H](NC(=O)COc1ccccc1OC)c1ccc(OC)c(C)c1. The number of nitrogens with one attached hydrogen (secondary N) is 1. The number of amides is 1. The van der Waals surface area contributed by atoms with Crippen LogP contribution in [-0.2, 0) is 4.79 Å². The molecule has 0 bridgehead atoms. The Hall–Kier alpha value is -2.69. The molecule has 2 rings (SSSR count). The maximum Gasteiger partial charge on any atom is 0.258 e. The van der Waals surface area contributed by atoms with Crippen LogP contribution in [0.15, 0.2) is 42.5 Å². The van der Waals surface area contributed by atoms with Gasteiger partial charge in [-0.1, -0.05) is 31.2 Å². The van der Waals surface area contributed by atoms with Crippen LogP contribution in [0.1, 0.15) is 30.5 Å². The number of methoxy groups -OCH3 is 2. The Morgan fingerprint density at radius 2 is 1.72 bits per heavy atom. The molecule has 0 aromatic heterocycles. The Labute approximate surface area is 148 Å². The standard InChI is InChI=1S/C20H25NO4/c1-5-16(15-10-11-17(23-3)14(2)12-15)21-20(22)13-25-19-9-7-6-8-18(19)24-4/h6-12,16H,5,13H2,1-4H3,(H,21,22)/t16-/m0/s1. The van der Waals surface area contributed by atoms with Crippen LogP contribution in [0.25, 0.3) is 0 Å². The maximum atomic E-state index is 12.3. The minimum atomic E-state index is -0.175. The first-order valence-electron chi connectivity index (χ1n) is 8.28. The van der Waals surface area contributed by atoms with Gasteiger partial charge < -0.3 is 19.5 Å². The summed E-state index contributed by atoms with van der Waals surface area (Å²) in [4.78, 5) is 12.3. The molecule has 1 atom stereocenters. The number of ether oxygens (including phenoxy) is 3. The summed E-state index contributed by atoms with van der Waals surface area (Å²) in [5.41, 5.74) is 2.09. The first-order valence-corrected chi connectivity index (χ1v) is 8.28. The van der Waals surface area contributed by atoms with Gasteiger partial charge in [0.25, 0.3) is 5.91 Å². The molecule has 0 aliphatic rings. The Bertz CT molecular complexity index is 715. The van der Waals surface area contributed by atoms with Gasteiger partial charge in [0, 0.05) is 0 Å². The van der Waals surface area contributed by atoms with E-state index in [-0.39, 0.29) is 18.6 Å². The normalized spacial score (nSPS) is 11.5. The minimum Gasteiger partial charge on any atom is -0.496 e. The van der Waals surface area contributed by atoms with E-state index in [2.05, 4.69) is 5.32 Å². The summed E-state index contributed by atoms with van der Waals surface area (Å²) < 4.78 is 16.1. The predicted octanol–water partition coefficient (Wildman–Crippen LogP) is 3.66. The van der Waals surface area contributed by atoms with Gasteiger partial charge in [0.05, 0.1) is 20.3 Å². The minimum absolute atomic E-state index is 0.0635. The summed E-state index contributed by atoms with van der Waals surface area (Å²) in [6, 6.07) is 13.1. The van der Waals surface area contributed by atoms with Crippen molar-refractivity contribution in [1.29, 1.82) is 0 Å². The zero-order chi connectivity index (χ0) is 18.2. The summed E-state index contributed by atoms with van der Waals surface area (Å²) in [7, 11) is 3.22. The molecule has 134 valence electrons. The lowest BCUT2D eigenvalue weighted by atomic mass is 10.0. The molecule has 0 fully saturated rings. The summed E-state index contributed by atoms with van der Waals surface area (Å²) in [5.74, 6) is 1.82. The lowest BCUT2D eigenvalue weighted by Crippen LogP contribution is -2.32. The van der Waals surface area contributed by atoms with Crippen molar-refractivity contribution in [2.24, 2.45) is 0 Å². The van der Waals surface area contributed by atoms with E-state index >= 15 is 0 Å². The van der Waals surface area contributed by atoms with Crippen molar-refractivity contribution in [1.82, 2.24) is 5.32 Å². The Morgan fingerprint density at radius 1 is 1.04 bits per heavy atom. The van der Waals surface area contributed by atoms with E-state index in [9.17, 15) is 4.79 Å². The van der Waals surface area contributed by atoms with Crippen molar-refractivity contribution in [2.45, 2.75) is 26.3 Å². The third kappa shape index (κ3) is 4.89. The zero-order valence-electron chi connectivity index (χ0n) is 15.2. The molecule has 1 N–H and O–H groups in total. The summed E-state index contributed by atoms with van der Waals surface area (Å²) in [6.07, 6.45) is 0.784. The van der Waals surface area contributed by atoms with Crippen LogP contribution in [0.4, 0.5) is 0 Å². The smallest absolute Gasteiger partial charge is 0.258 e. The number of benzene rings is 2. The van der Waals surface area contributed by atoms with Gasteiger partial charge in [0.1, 0.15) is 5.75 Å². The lowest BCUT2D eigenvalue weighted by Gasteiger charge is -2.19. The average Bonchev–Trinajstić information content (AvgIpc) is 2.64. The van der Waals surface area contributed by atoms with E-state index in [0.717, 1.165) is 23.3 Å². The molecular weight excluding hydrogens is 318 g/mol. The van der Waals surface area contributed by atoms with Gasteiger partial charge in [0.2, 0.25) is 0 Å². The molecule has 2 aromatic carbocycles. The van der Waals surface area contributed by atoms with E-state index in [1.807, 2.05) is 44.2 Å². The first-order chi connectivity index (χ1) is 12.1. The second-order valence-electron chi connectivity index (χ2n) is 5.70. The number of hydrogen-bond donors (Lipinski definition) is 1. The highest BCUT2D eigenvalue weighted by molar-refractivity contribution is 5.78. The predicted molar refractivity (Wildman–Crippen MR) is 97.4 cm³/mol. The molecule has 25 heavy (non-hydrogen) atoms. The van der Waals surface area contributed by atoms with Crippen molar-refractivity contribution in [3.05, 3.63) is 53.6 Å². The highest BCUT2D eigenvalue weighted by Gasteiger charge is 2.15. The van der Waals surface area contributed by atoms with Crippen LogP contribution in [0, 0.1) is 6.92 Å². The Balaban J connectivity index is 1.99. The van der Waals surface area contributed by atoms with Crippen molar-refractivity contribution in [2.75, 3.05) is 20.8 Å². The summed E-state index contributed by atoms with van der Waals surface area (Å²) >= 11 is 0. The van der Waals surface area contributed by atoms with E-state index in [1.165, 1.54) is 0 Å². The van der Waals surface area contributed by atoms with E-state index in [4.69, 9.17) is 14.2 Å². The van der Waals surface area contributed by atoms with Crippen LogP contribution in [0.5, 0.6) is 17.2 Å². The maximum absolute atomic E-state index is 12.3. The molecule has 0 saturated carbocycles. The molecule has 0 aliphatic carbocycles. The molecule has 5 nitrogen and oxygen atoms in total. The fourth-order valence-electron chi connectivity index (χ4n) is 2.66. The second kappa shape index (κ2) is 8.97. The van der Waals surface area contributed by atoms with Gasteiger partial charge in [-0.05, 0) is 42.7 Å². The number of hydrogen-bond acceptors (Lipinski definition) is 4. The molecule has 1 amide bonds. The largest absolute Gasteiger partial charge is 0.496 e. The molecule has 0 unspecified atom stereocenters. The zero-order valence-corrected chi connectivity index (χ0v) is 15.2. The molecule has 0 saturated heterocycles. The topological polar surface area (TPSA) is 56.8 Å². The third-order valence-electron chi connectivity index (χ3n) is 3.99. The molecule has 0 heterocycles. The summed E-state index contributed by atoms with van der Waals surface area (Å²) in [6.45, 7) is 3.96. The van der Waals surface area contributed by atoms with E-state index in [1.54, 1.807) is 26.4 Å². The van der Waals surface area contributed by atoms with Gasteiger partial charge in [-0.3, -0.25) is 4.79 Å². The van der Waals surface area contributed by atoms with Crippen molar-refractivity contribution < 1.29 is 19.0 Å². The van der Waals surface area contributed by atoms with Gasteiger partial charge in [-0.25, -0.2) is 0 Å². The number of carbonyl (C=O) groups excluding carboxylic acids is 1. The fourth-order valence-corrected chi connectivity index (χ4v) is 2.66. The van der Waals surface area contributed by atoms with Crippen molar-refractivity contribution in [3.63, 3.8) is 0 Å². The van der Waals surface area contributed by atoms with Crippen LogP contribution < -0.4 is 19.5 Å². The third-order valence-corrected chi connectivity index (χ3v) is 3.99. The van der Waals surface area contributed by atoms with Crippen molar-refractivity contribution in [3.8, 4) is 17.2 Å². The van der Waals surface area contributed by atoms with Crippen LogP contribution >= 0.6 is 0 Å². The van der Waals surface area contributed by atoms with Crippen molar-refractivity contribution >= 4 is 5.91 Å². The Morgan fingerprint density at radius 3 is 2.32 bits per heavy atom.